The first-order chi connectivity index (χ1) is 8.72. The Morgan fingerprint density at radius 2 is 2.06 bits per heavy atom. The number of aromatic nitrogens is 2. The smallest absolute Gasteiger partial charge is 0.277 e. The molecule has 1 amide bonds. The molecular weight excluding hydrogens is 252 g/mol. The summed E-state index contributed by atoms with van der Waals surface area (Å²) < 4.78 is 0. The molecule has 1 aliphatic heterocycles. The number of nitrogens with zero attached hydrogens (tertiary/aromatic N) is 3. The van der Waals surface area contributed by atoms with Crippen LogP contribution in [0.3, 0.4) is 0 Å². The highest BCUT2D eigenvalue weighted by Gasteiger charge is 2.15. The van der Waals surface area contributed by atoms with Crippen LogP contribution in [-0.2, 0) is 0 Å². The summed E-state index contributed by atoms with van der Waals surface area (Å²) in [6, 6.07) is 6.98. The van der Waals surface area contributed by atoms with Gasteiger partial charge in [-0.05, 0) is 18.2 Å². The fraction of sp³-hybridized carbons (Fsp3) is 0. The SMILES string of the molecule is O=C1N=Cc2cc(Nc3cc(Cl)ncn3)ccc21. The van der Waals surface area contributed by atoms with E-state index in [4.69, 9.17) is 11.6 Å². The van der Waals surface area contributed by atoms with Crippen LogP contribution >= 0.6 is 11.6 Å². The number of halogens is 1. The average molecular weight is 259 g/mol. The summed E-state index contributed by atoms with van der Waals surface area (Å²) in [7, 11) is 0. The molecule has 0 aliphatic carbocycles. The molecule has 1 aromatic carbocycles. The quantitative estimate of drug-likeness (QED) is 0.840. The van der Waals surface area contributed by atoms with Crippen molar-refractivity contribution < 1.29 is 4.79 Å². The number of anilines is 2. The first-order valence-electron chi connectivity index (χ1n) is 5.19. The molecule has 0 fully saturated rings. The van der Waals surface area contributed by atoms with Crippen LogP contribution in [0.1, 0.15) is 15.9 Å². The Morgan fingerprint density at radius 3 is 2.89 bits per heavy atom. The largest absolute Gasteiger partial charge is 0.340 e. The molecule has 0 bridgehead atoms. The number of amides is 1. The summed E-state index contributed by atoms with van der Waals surface area (Å²) >= 11 is 5.77. The molecule has 1 aromatic heterocycles. The maximum absolute atomic E-state index is 11.3. The Balaban J connectivity index is 1.90. The van der Waals surface area contributed by atoms with Gasteiger partial charge in [-0.1, -0.05) is 11.6 Å². The van der Waals surface area contributed by atoms with Crippen LogP contribution in [0.25, 0.3) is 0 Å². The Labute approximate surface area is 108 Å². The second kappa shape index (κ2) is 4.19. The summed E-state index contributed by atoms with van der Waals surface area (Å²) in [5, 5.41) is 3.45. The molecule has 0 unspecified atom stereocenters. The Bertz CT molecular complexity index is 669. The number of rotatable bonds is 2. The lowest BCUT2D eigenvalue weighted by Crippen LogP contribution is -1.97. The van der Waals surface area contributed by atoms with E-state index in [-0.39, 0.29) is 5.91 Å². The molecule has 0 saturated heterocycles. The molecule has 0 saturated carbocycles. The lowest BCUT2D eigenvalue weighted by molar-refractivity contribution is 0.101. The van der Waals surface area contributed by atoms with Crippen molar-refractivity contribution in [3.05, 3.63) is 46.9 Å². The predicted molar refractivity (Wildman–Crippen MR) is 68.7 cm³/mol. The van der Waals surface area contributed by atoms with Gasteiger partial charge in [-0.3, -0.25) is 4.79 Å². The number of benzene rings is 1. The highest BCUT2D eigenvalue weighted by molar-refractivity contribution is 6.29. The zero-order valence-corrected chi connectivity index (χ0v) is 9.85. The summed E-state index contributed by atoms with van der Waals surface area (Å²) in [6.45, 7) is 0. The summed E-state index contributed by atoms with van der Waals surface area (Å²) in [5.74, 6) is 0.387. The standard InChI is InChI=1S/C12H7ClN4O/c13-10-4-11(16-6-15-10)17-8-1-2-9-7(3-8)5-14-12(9)18/h1-6H,(H,15,16,17). The molecule has 6 heteroatoms. The van der Waals surface area contributed by atoms with Crippen molar-refractivity contribution in [1.29, 1.82) is 0 Å². The fourth-order valence-corrected chi connectivity index (χ4v) is 1.84. The molecule has 1 N–H and O–H groups in total. The van der Waals surface area contributed by atoms with Crippen LogP contribution in [-0.4, -0.2) is 22.1 Å². The van der Waals surface area contributed by atoms with Crippen LogP contribution in [0.2, 0.25) is 5.15 Å². The van der Waals surface area contributed by atoms with E-state index in [1.807, 2.05) is 6.07 Å². The number of fused-ring (bicyclic) bond motifs is 1. The fourth-order valence-electron chi connectivity index (χ4n) is 1.69. The average Bonchev–Trinajstić information content (AvgIpc) is 2.71. The van der Waals surface area contributed by atoms with E-state index in [0.29, 0.717) is 16.5 Å². The molecule has 88 valence electrons. The van der Waals surface area contributed by atoms with E-state index < -0.39 is 0 Å². The molecule has 18 heavy (non-hydrogen) atoms. The minimum atomic E-state index is -0.207. The van der Waals surface area contributed by atoms with Gasteiger partial charge in [-0.2, -0.15) is 0 Å². The van der Waals surface area contributed by atoms with Gasteiger partial charge in [0.2, 0.25) is 0 Å². The second-order valence-electron chi connectivity index (χ2n) is 3.72. The van der Waals surface area contributed by atoms with Crippen molar-refractivity contribution in [2.45, 2.75) is 0 Å². The molecule has 0 radical (unpaired) electrons. The third-order valence-electron chi connectivity index (χ3n) is 2.51. The van der Waals surface area contributed by atoms with Crippen LogP contribution in [0, 0.1) is 0 Å². The van der Waals surface area contributed by atoms with Crippen molar-refractivity contribution in [2.75, 3.05) is 5.32 Å². The lowest BCUT2D eigenvalue weighted by Gasteiger charge is -2.06. The van der Waals surface area contributed by atoms with Gasteiger partial charge in [-0.15, -0.1) is 0 Å². The van der Waals surface area contributed by atoms with Gasteiger partial charge in [0.25, 0.3) is 5.91 Å². The van der Waals surface area contributed by atoms with E-state index >= 15 is 0 Å². The van der Waals surface area contributed by atoms with E-state index in [2.05, 4.69) is 20.3 Å². The first kappa shape index (κ1) is 10.9. The zero-order valence-electron chi connectivity index (χ0n) is 9.09. The predicted octanol–water partition coefficient (Wildman–Crippen LogP) is 2.45. The van der Waals surface area contributed by atoms with E-state index in [1.165, 1.54) is 6.33 Å². The third-order valence-corrected chi connectivity index (χ3v) is 2.72. The van der Waals surface area contributed by atoms with E-state index in [0.717, 1.165) is 11.3 Å². The minimum Gasteiger partial charge on any atom is -0.340 e. The second-order valence-corrected chi connectivity index (χ2v) is 4.10. The summed E-state index contributed by atoms with van der Waals surface area (Å²) in [5.41, 5.74) is 2.22. The number of nitrogens with one attached hydrogen (secondary N) is 1. The third kappa shape index (κ3) is 1.96. The topological polar surface area (TPSA) is 67.2 Å². The lowest BCUT2D eigenvalue weighted by atomic mass is 10.1. The first-order valence-corrected chi connectivity index (χ1v) is 5.57. The van der Waals surface area contributed by atoms with Gasteiger partial charge in [0.1, 0.15) is 17.3 Å². The van der Waals surface area contributed by atoms with Crippen LogP contribution in [0.5, 0.6) is 0 Å². The van der Waals surface area contributed by atoms with Gasteiger partial charge in [0.15, 0.2) is 0 Å². The van der Waals surface area contributed by atoms with Gasteiger partial charge in [-0.25, -0.2) is 15.0 Å². The van der Waals surface area contributed by atoms with Crippen molar-refractivity contribution in [1.82, 2.24) is 9.97 Å². The van der Waals surface area contributed by atoms with Gasteiger partial charge < -0.3 is 5.32 Å². The number of hydrogen-bond acceptors (Lipinski definition) is 4. The Kier molecular flexibility index (Phi) is 2.53. The molecule has 2 aromatic rings. The molecular formula is C12H7ClN4O. The van der Waals surface area contributed by atoms with Gasteiger partial charge in [0.05, 0.1) is 5.56 Å². The van der Waals surface area contributed by atoms with Crippen LogP contribution in [0.4, 0.5) is 11.5 Å². The number of hydrogen-bond donors (Lipinski definition) is 1. The summed E-state index contributed by atoms with van der Waals surface area (Å²) in [6.07, 6.45) is 2.93. The molecule has 3 rings (SSSR count). The maximum Gasteiger partial charge on any atom is 0.277 e. The molecule has 1 aliphatic rings. The normalized spacial score (nSPS) is 12.6. The number of aliphatic imine (C=N–C) groups is 1. The highest BCUT2D eigenvalue weighted by Crippen LogP contribution is 2.22. The molecule has 2 heterocycles. The maximum atomic E-state index is 11.3. The highest BCUT2D eigenvalue weighted by atomic mass is 35.5. The Hall–Kier alpha value is -2.27. The van der Waals surface area contributed by atoms with E-state index in [9.17, 15) is 4.79 Å². The van der Waals surface area contributed by atoms with Gasteiger partial charge in [0, 0.05) is 23.5 Å². The van der Waals surface area contributed by atoms with Crippen molar-refractivity contribution in [3.63, 3.8) is 0 Å². The van der Waals surface area contributed by atoms with Crippen molar-refractivity contribution >= 4 is 35.2 Å². The van der Waals surface area contributed by atoms with Crippen LogP contribution < -0.4 is 5.32 Å². The van der Waals surface area contributed by atoms with Gasteiger partial charge >= 0.3 is 0 Å². The molecule has 0 spiro atoms. The molecule has 0 atom stereocenters. The zero-order chi connectivity index (χ0) is 12.5. The number of carbonyl (C=O) groups is 1. The van der Waals surface area contributed by atoms with E-state index in [1.54, 1.807) is 24.4 Å². The van der Waals surface area contributed by atoms with Crippen molar-refractivity contribution in [3.8, 4) is 0 Å². The van der Waals surface area contributed by atoms with Crippen molar-refractivity contribution in [2.24, 2.45) is 4.99 Å². The minimum absolute atomic E-state index is 0.207. The summed E-state index contributed by atoms with van der Waals surface area (Å²) in [4.78, 5) is 22.9. The van der Waals surface area contributed by atoms with Crippen LogP contribution in [0.15, 0.2) is 35.6 Å². The number of carbonyl (C=O) groups excluding carboxylic acids is 1. The monoisotopic (exact) mass is 258 g/mol. The Morgan fingerprint density at radius 1 is 1.17 bits per heavy atom. The molecule has 5 nitrogen and oxygen atoms in total.